The van der Waals surface area contributed by atoms with E-state index in [1.807, 2.05) is 29.2 Å². The summed E-state index contributed by atoms with van der Waals surface area (Å²) < 4.78 is 11.6. The highest BCUT2D eigenvalue weighted by molar-refractivity contribution is 5.73. The van der Waals surface area contributed by atoms with Gasteiger partial charge < -0.3 is 14.6 Å². The molecule has 0 aliphatic carbocycles. The van der Waals surface area contributed by atoms with Gasteiger partial charge in [-0.3, -0.25) is 9.69 Å². The predicted octanol–water partition coefficient (Wildman–Crippen LogP) is 1.77. The third kappa shape index (κ3) is 2.72. The molecule has 1 saturated heterocycles. The molecule has 108 valence electrons. The standard InChI is InChI=1S/C15H19NO4/c17-15(18)12-5-3-4-8-16(12)9-11-10-19-13-6-1-2-7-14(13)20-11/h1-2,6-7,11-12H,3-5,8-10H2,(H,17,18). The van der Waals surface area contributed by atoms with Crippen LogP contribution in [0.3, 0.4) is 0 Å². The first-order valence-corrected chi connectivity index (χ1v) is 7.09. The minimum Gasteiger partial charge on any atom is -0.486 e. The van der Waals surface area contributed by atoms with Crippen molar-refractivity contribution in [1.82, 2.24) is 4.90 Å². The van der Waals surface area contributed by atoms with Crippen molar-refractivity contribution in [3.05, 3.63) is 24.3 Å². The Morgan fingerprint density at radius 2 is 2.10 bits per heavy atom. The van der Waals surface area contributed by atoms with Crippen LogP contribution in [0.15, 0.2) is 24.3 Å². The second-order valence-corrected chi connectivity index (χ2v) is 5.34. The van der Waals surface area contributed by atoms with Crippen molar-refractivity contribution in [2.24, 2.45) is 0 Å². The lowest BCUT2D eigenvalue weighted by atomic mass is 10.0. The Morgan fingerprint density at radius 3 is 2.90 bits per heavy atom. The average molecular weight is 277 g/mol. The van der Waals surface area contributed by atoms with E-state index in [1.54, 1.807) is 0 Å². The molecule has 1 aromatic rings. The van der Waals surface area contributed by atoms with Gasteiger partial charge in [0.2, 0.25) is 0 Å². The molecule has 2 aliphatic heterocycles. The summed E-state index contributed by atoms with van der Waals surface area (Å²) in [5.74, 6) is 0.770. The molecule has 1 N–H and O–H groups in total. The number of ether oxygens (including phenoxy) is 2. The first kappa shape index (κ1) is 13.2. The summed E-state index contributed by atoms with van der Waals surface area (Å²) >= 11 is 0. The molecule has 2 heterocycles. The Balaban J connectivity index is 1.65. The van der Waals surface area contributed by atoms with Gasteiger partial charge in [-0.25, -0.2) is 0 Å². The number of aliphatic carboxylic acids is 1. The molecule has 20 heavy (non-hydrogen) atoms. The molecule has 0 amide bonds. The molecule has 0 saturated carbocycles. The van der Waals surface area contributed by atoms with Crippen molar-refractivity contribution in [3.63, 3.8) is 0 Å². The number of fused-ring (bicyclic) bond motifs is 1. The molecule has 2 aliphatic rings. The number of likely N-dealkylation sites (tertiary alicyclic amines) is 1. The van der Waals surface area contributed by atoms with E-state index in [0.29, 0.717) is 13.2 Å². The monoisotopic (exact) mass is 277 g/mol. The van der Waals surface area contributed by atoms with Crippen LogP contribution in [0.4, 0.5) is 0 Å². The van der Waals surface area contributed by atoms with Crippen molar-refractivity contribution in [3.8, 4) is 11.5 Å². The number of hydrogen-bond acceptors (Lipinski definition) is 4. The molecular weight excluding hydrogens is 258 g/mol. The van der Waals surface area contributed by atoms with E-state index in [0.717, 1.165) is 37.3 Å². The topological polar surface area (TPSA) is 59.0 Å². The number of rotatable bonds is 3. The number of carbonyl (C=O) groups is 1. The summed E-state index contributed by atoms with van der Waals surface area (Å²) in [7, 11) is 0. The van der Waals surface area contributed by atoms with Gasteiger partial charge in [0, 0.05) is 6.54 Å². The van der Waals surface area contributed by atoms with Crippen LogP contribution in [0.1, 0.15) is 19.3 Å². The Kier molecular flexibility index (Phi) is 3.78. The van der Waals surface area contributed by atoms with E-state index in [2.05, 4.69) is 0 Å². The van der Waals surface area contributed by atoms with Crippen LogP contribution in [-0.2, 0) is 4.79 Å². The van der Waals surface area contributed by atoms with Crippen LogP contribution in [0.5, 0.6) is 11.5 Å². The predicted molar refractivity (Wildman–Crippen MR) is 73.2 cm³/mol. The van der Waals surface area contributed by atoms with Gasteiger partial charge in [0.25, 0.3) is 0 Å². The van der Waals surface area contributed by atoms with Crippen LogP contribution in [0.2, 0.25) is 0 Å². The minimum absolute atomic E-state index is 0.107. The smallest absolute Gasteiger partial charge is 0.320 e. The van der Waals surface area contributed by atoms with Crippen molar-refractivity contribution in [1.29, 1.82) is 0 Å². The zero-order valence-electron chi connectivity index (χ0n) is 11.3. The molecule has 0 radical (unpaired) electrons. The highest BCUT2D eigenvalue weighted by atomic mass is 16.6. The summed E-state index contributed by atoms with van der Waals surface area (Å²) in [6.07, 6.45) is 2.65. The number of benzene rings is 1. The Hall–Kier alpha value is -1.75. The minimum atomic E-state index is -0.734. The van der Waals surface area contributed by atoms with Gasteiger partial charge in [-0.05, 0) is 31.5 Å². The van der Waals surface area contributed by atoms with E-state index in [9.17, 15) is 9.90 Å². The third-order valence-corrected chi connectivity index (χ3v) is 3.90. The van der Waals surface area contributed by atoms with Gasteiger partial charge in [-0.2, -0.15) is 0 Å². The van der Waals surface area contributed by atoms with Gasteiger partial charge in [0.15, 0.2) is 11.5 Å². The lowest BCUT2D eigenvalue weighted by Gasteiger charge is -2.36. The molecule has 5 heteroatoms. The van der Waals surface area contributed by atoms with Crippen molar-refractivity contribution < 1.29 is 19.4 Å². The Bertz CT molecular complexity index is 491. The molecule has 5 nitrogen and oxygen atoms in total. The van der Waals surface area contributed by atoms with Gasteiger partial charge in [-0.1, -0.05) is 18.6 Å². The van der Waals surface area contributed by atoms with Crippen molar-refractivity contribution in [2.45, 2.75) is 31.4 Å². The van der Waals surface area contributed by atoms with Crippen molar-refractivity contribution >= 4 is 5.97 Å². The van der Waals surface area contributed by atoms with E-state index < -0.39 is 5.97 Å². The lowest BCUT2D eigenvalue weighted by molar-refractivity contribution is -0.145. The van der Waals surface area contributed by atoms with E-state index in [4.69, 9.17) is 9.47 Å². The second kappa shape index (κ2) is 5.71. The van der Waals surface area contributed by atoms with E-state index in [1.165, 1.54) is 0 Å². The lowest BCUT2D eigenvalue weighted by Crippen LogP contribution is -2.50. The molecule has 1 fully saturated rings. The Morgan fingerprint density at radius 1 is 1.30 bits per heavy atom. The van der Waals surface area contributed by atoms with Crippen LogP contribution in [0.25, 0.3) is 0 Å². The number of carboxylic acid groups (broad SMARTS) is 1. The van der Waals surface area contributed by atoms with E-state index in [-0.39, 0.29) is 12.1 Å². The zero-order valence-corrected chi connectivity index (χ0v) is 11.3. The summed E-state index contributed by atoms with van der Waals surface area (Å²) in [5.41, 5.74) is 0. The highest BCUT2D eigenvalue weighted by Gasteiger charge is 2.32. The fourth-order valence-electron chi connectivity index (χ4n) is 2.90. The maximum absolute atomic E-state index is 11.3. The van der Waals surface area contributed by atoms with Crippen LogP contribution < -0.4 is 9.47 Å². The number of nitrogens with zero attached hydrogens (tertiary/aromatic N) is 1. The molecule has 1 aromatic carbocycles. The normalized spacial score (nSPS) is 26.2. The summed E-state index contributed by atoms with van der Waals surface area (Å²) in [4.78, 5) is 13.3. The van der Waals surface area contributed by atoms with Gasteiger partial charge in [-0.15, -0.1) is 0 Å². The van der Waals surface area contributed by atoms with Crippen LogP contribution in [0, 0.1) is 0 Å². The summed E-state index contributed by atoms with van der Waals surface area (Å²) in [6, 6.07) is 7.20. The largest absolute Gasteiger partial charge is 0.486 e. The third-order valence-electron chi connectivity index (χ3n) is 3.90. The maximum atomic E-state index is 11.3. The summed E-state index contributed by atoms with van der Waals surface area (Å²) in [6.45, 7) is 1.89. The second-order valence-electron chi connectivity index (χ2n) is 5.34. The fraction of sp³-hybridized carbons (Fsp3) is 0.533. The molecule has 0 spiro atoms. The van der Waals surface area contributed by atoms with Crippen LogP contribution >= 0.6 is 0 Å². The van der Waals surface area contributed by atoms with Crippen LogP contribution in [-0.4, -0.2) is 47.8 Å². The molecule has 2 atom stereocenters. The number of hydrogen-bond donors (Lipinski definition) is 1. The molecular formula is C15H19NO4. The molecule has 3 rings (SSSR count). The zero-order chi connectivity index (χ0) is 13.9. The number of para-hydroxylation sites is 2. The fourth-order valence-corrected chi connectivity index (χ4v) is 2.90. The average Bonchev–Trinajstić information content (AvgIpc) is 2.47. The number of piperidine rings is 1. The van der Waals surface area contributed by atoms with E-state index >= 15 is 0 Å². The molecule has 0 aromatic heterocycles. The maximum Gasteiger partial charge on any atom is 0.320 e. The number of carboxylic acids is 1. The SMILES string of the molecule is O=C(O)C1CCCCN1CC1COc2ccccc2O1. The Labute approximate surface area is 118 Å². The quantitative estimate of drug-likeness (QED) is 0.912. The van der Waals surface area contributed by atoms with Crippen molar-refractivity contribution in [2.75, 3.05) is 19.7 Å². The molecule has 0 bridgehead atoms. The first-order chi connectivity index (χ1) is 9.74. The highest BCUT2D eigenvalue weighted by Crippen LogP contribution is 2.31. The summed E-state index contributed by atoms with van der Waals surface area (Å²) in [5, 5.41) is 9.28. The first-order valence-electron chi connectivity index (χ1n) is 7.09. The molecule has 2 unspecified atom stereocenters. The van der Waals surface area contributed by atoms with Gasteiger partial charge >= 0.3 is 5.97 Å². The van der Waals surface area contributed by atoms with Gasteiger partial charge in [0.05, 0.1) is 0 Å². The van der Waals surface area contributed by atoms with Gasteiger partial charge in [0.1, 0.15) is 18.8 Å².